The van der Waals surface area contributed by atoms with E-state index in [-0.39, 0.29) is 5.41 Å². The van der Waals surface area contributed by atoms with Gasteiger partial charge in [0.2, 0.25) is 0 Å². The number of hydrogen-bond acceptors (Lipinski definition) is 3. The topological polar surface area (TPSA) is 49.3 Å². The van der Waals surface area contributed by atoms with Gasteiger partial charge in [-0.05, 0) is 73.4 Å². The molecule has 0 unspecified atom stereocenters. The van der Waals surface area contributed by atoms with Crippen LogP contribution in [0.25, 0.3) is 10.4 Å². The number of benzene rings is 1. The lowest BCUT2D eigenvalue weighted by molar-refractivity contribution is 0.0696. The van der Waals surface area contributed by atoms with Gasteiger partial charge in [-0.3, -0.25) is 0 Å². The van der Waals surface area contributed by atoms with Crippen molar-refractivity contribution < 1.29 is 9.90 Å². The Morgan fingerprint density at radius 1 is 1.28 bits per heavy atom. The monoisotopic (exact) mass is 357 g/mol. The van der Waals surface area contributed by atoms with Gasteiger partial charge in [-0.1, -0.05) is 26.0 Å². The second kappa shape index (κ2) is 6.58. The van der Waals surface area contributed by atoms with E-state index in [1.807, 2.05) is 7.05 Å². The van der Waals surface area contributed by atoms with E-state index in [4.69, 9.17) is 0 Å². The van der Waals surface area contributed by atoms with Crippen LogP contribution in [0.15, 0.2) is 12.1 Å². The molecule has 0 amide bonds. The van der Waals surface area contributed by atoms with E-state index in [2.05, 4.69) is 45.1 Å². The highest BCUT2D eigenvalue weighted by Crippen LogP contribution is 2.46. The zero-order chi connectivity index (χ0) is 18.4. The molecule has 0 saturated heterocycles. The van der Waals surface area contributed by atoms with Crippen molar-refractivity contribution >= 4 is 17.3 Å². The van der Waals surface area contributed by atoms with Gasteiger partial charge in [0.05, 0.1) is 5.56 Å². The van der Waals surface area contributed by atoms with Crippen LogP contribution in [-0.2, 0) is 19.4 Å². The number of thiophene rings is 1. The molecule has 2 N–H and O–H groups in total. The average molecular weight is 358 g/mol. The maximum atomic E-state index is 12.1. The molecule has 1 aliphatic rings. The first-order valence-corrected chi connectivity index (χ1v) is 9.68. The molecule has 0 spiro atoms. The second-order valence-corrected chi connectivity index (χ2v) is 9.08. The van der Waals surface area contributed by atoms with E-state index in [1.165, 1.54) is 16.0 Å². The number of carboxylic acid groups (broad SMARTS) is 1. The van der Waals surface area contributed by atoms with Gasteiger partial charge in [0.1, 0.15) is 0 Å². The van der Waals surface area contributed by atoms with Gasteiger partial charge >= 0.3 is 5.97 Å². The van der Waals surface area contributed by atoms with Crippen molar-refractivity contribution in [2.75, 3.05) is 7.05 Å². The van der Waals surface area contributed by atoms with Crippen LogP contribution >= 0.6 is 11.3 Å². The Bertz CT molecular complexity index is 833. The fourth-order valence-corrected chi connectivity index (χ4v) is 5.23. The fraction of sp³-hybridized carbons (Fsp3) is 0.476. The van der Waals surface area contributed by atoms with Crippen LogP contribution in [0.1, 0.15) is 57.8 Å². The second-order valence-electron chi connectivity index (χ2n) is 7.98. The van der Waals surface area contributed by atoms with Crippen LogP contribution in [0, 0.1) is 19.3 Å². The predicted octanol–water partition coefficient (Wildman–Crippen LogP) is 4.96. The molecule has 0 aliphatic heterocycles. The summed E-state index contributed by atoms with van der Waals surface area (Å²) in [5.74, 6) is -0.790. The molecule has 25 heavy (non-hydrogen) atoms. The molecule has 0 fully saturated rings. The molecule has 2 aromatic rings. The molecule has 0 saturated carbocycles. The molecule has 0 radical (unpaired) electrons. The Morgan fingerprint density at radius 3 is 2.64 bits per heavy atom. The summed E-state index contributed by atoms with van der Waals surface area (Å²) in [6.07, 6.45) is 2.97. The first kappa shape index (κ1) is 18.2. The minimum atomic E-state index is -0.790. The van der Waals surface area contributed by atoms with E-state index in [0.717, 1.165) is 47.4 Å². The van der Waals surface area contributed by atoms with Crippen molar-refractivity contribution in [3.8, 4) is 10.4 Å². The van der Waals surface area contributed by atoms with E-state index < -0.39 is 5.97 Å². The molecule has 1 heterocycles. The summed E-state index contributed by atoms with van der Waals surface area (Å²) in [7, 11) is 1.94. The minimum Gasteiger partial charge on any atom is -0.478 e. The first-order chi connectivity index (χ1) is 11.7. The zero-order valence-electron chi connectivity index (χ0n) is 15.7. The molecule has 1 aliphatic carbocycles. The van der Waals surface area contributed by atoms with Crippen LogP contribution in [0.4, 0.5) is 0 Å². The van der Waals surface area contributed by atoms with Crippen molar-refractivity contribution in [3.63, 3.8) is 0 Å². The maximum absolute atomic E-state index is 12.1. The third-order valence-electron chi connectivity index (χ3n) is 5.28. The smallest absolute Gasteiger partial charge is 0.337 e. The number of aromatic carboxylic acids is 1. The molecule has 0 bridgehead atoms. The van der Waals surface area contributed by atoms with E-state index in [9.17, 15) is 9.90 Å². The van der Waals surface area contributed by atoms with Crippen LogP contribution < -0.4 is 5.32 Å². The predicted molar refractivity (Wildman–Crippen MR) is 105 cm³/mol. The molecular weight excluding hydrogens is 330 g/mol. The van der Waals surface area contributed by atoms with Crippen molar-refractivity contribution in [1.29, 1.82) is 0 Å². The largest absolute Gasteiger partial charge is 0.478 e. The van der Waals surface area contributed by atoms with E-state index >= 15 is 0 Å². The van der Waals surface area contributed by atoms with Gasteiger partial charge in [0.15, 0.2) is 0 Å². The molecule has 4 heteroatoms. The van der Waals surface area contributed by atoms with Crippen LogP contribution in [-0.4, -0.2) is 18.1 Å². The van der Waals surface area contributed by atoms with E-state index in [0.29, 0.717) is 5.56 Å². The number of rotatable bonds is 4. The standard InChI is InChI=1S/C21H27NO2S/c1-12-9-15(13(2)8-14(12)11-22-5)19-18(20(23)24)16-10-21(3,4)7-6-17(16)25-19/h8-9,22H,6-7,10-11H2,1-5H3,(H,23,24). The summed E-state index contributed by atoms with van der Waals surface area (Å²) in [6.45, 7) is 9.49. The highest BCUT2D eigenvalue weighted by atomic mass is 32.1. The lowest BCUT2D eigenvalue weighted by Crippen LogP contribution is -2.22. The van der Waals surface area contributed by atoms with Crippen molar-refractivity contribution in [2.45, 2.75) is 53.5 Å². The summed E-state index contributed by atoms with van der Waals surface area (Å²) in [5.41, 5.74) is 6.48. The third kappa shape index (κ3) is 3.38. The van der Waals surface area contributed by atoms with Gasteiger partial charge in [0.25, 0.3) is 0 Å². The van der Waals surface area contributed by atoms with Crippen molar-refractivity contribution in [2.24, 2.45) is 5.41 Å². The van der Waals surface area contributed by atoms with E-state index in [1.54, 1.807) is 11.3 Å². The van der Waals surface area contributed by atoms with Gasteiger partial charge in [-0.15, -0.1) is 11.3 Å². The SMILES string of the molecule is CNCc1cc(C)c(-c2sc3c(c2C(=O)O)CC(C)(C)CC3)cc1C. The molecule has 3 rings (SSSR count). The number of nitrogens with one attached hydrogen (secondary N) is 1. The number of carboxylic acids is 1. The Morgan fingerprint density at radius 2 is 2.00 bits per heavy atom. The lowest BCUT2D eigenvalue weighted by Gasteiger charge is -2.29. The fourth-order valence-electron chi connectivity index (χ4n) is 3.84. The summed E-state index contributed by atoms with van der Waals surface area (Å²) in [4.78, 5) is 14.3. The summed E-state index contributed by atoms with van der Waals surface area (Å²) >= 11 is 1.69. The molecule has 1 aromatic heterocycles. The number of fused-ring (bicyclic) bond motifs is 1. The first-order valence-electron chi connectivity index (χ1n) is 8.86. The lowest BCUT2D eigenvalue weighted by atomic mass is 9.76. The summed E-state index contributed by atoms with van der Waals surface area (Å²) < 4.78 is 0. The maximum Gasteiger partial charge on any atom is 0.337 e. The van der Waals surface area contributed by atoms with Crippen molar-refractivity contribution in [3.05, 3.63) is 44.8 Å². The Labute approximate surface area is 154 Å². The summed E-state index contributed by atoms with van der Waals surface area (Å²) in [5, 5.41) is 13.1. The normalized spacial score (nSPS) is 15.9. The van der Waals surface area contributed by atoms with Gasteiger partial charge in [0, 0.05) is 16.3 Å². The van der Waals surface area contributed by atoms with Gasteiger partial charge in [-0.25, -0.2) is 4.79 Å². The molecular formula is C21H27NO2S. The molecule has 0 atom stereocenters. The summed E-state index contributed by atoms with van der Waals surface area (Å²) in [6, 6.07) is 4.35. The van der Waals surface area contributed by atoms with Crippen molar-refractivity contribution in [1.82, 2.24) is 5.32 Å². The number of aryl methyl sites for hydroxylation is 3. The Balaban J connectivity index is 2.17. The quantitative estimate of drug-likeness (QED) is 0.813. The molecule has 134 valence electrons. The van der Waals surface area contributed by atoms with Crippen LogP contribution in [0.3, 0.4) is 0 Å². The zero-order valence-corrected chi connectivity index (χ0v) is 16.6. The number of carbonyl (C=O) groups is 1. The Kier molecular flexibility index (Phi) is 4.78. The average Bonchev–Trinajstić information content (AvgIpc) is 2.87. The Hall–Kier alpha value is -1.65. The highest BCUT2D eigenvalue weighted by Gasteiger charge is 2.33. The molecule has 1 aromatic carbocycles. The van der Waals surface area contributed by atoms with Gasteiger partial charge in [-0.2, -0.15) is 0 Å². The van der Waals surface area contributed by atoms with Crippen LogP contribution in [0.5, 0.6) is 0 Å². The molecule has 3 nitrogen and oxygen atoms in total. The van der Waals surface area contributed by atoms with Crippen LogP contribution in [0.2, 0.25) is 0 Å². The highest BCUT2D eigenvalue weighted by molar-refractivity contribution is 7.16. The minimum absolute atomic E-state index is 0.178. The van der Waals surface area contributed by atoms with Gasteiger partial charge < -0.3 is 10.4 Å². The third-order valence-corrected chi connectivity index (χ3v) is 6.61. The number of hydrogen-bond donors (Lipinski definition) is 2.